The Morgan fingerprint density at radius 3 is 1.60 bits per heavy atom. The summed E-state index contributed by atoms with van der Waals surface area (Å²) >= 11 is 0. The molecule has 0 radical (unpaired) electrons. The zero-order chi connectivity index (χ0) is 15.1. The maximum atomic E-state index is 11.1. The summed E-state index contributed by atoms with van der Waals surface area (Å²) in [6.07, 6.45) is 16.8. The monoisotopic (exact) mass is 282 g/mol. The molecule has 0 fully saturated rings. The lowest BCUT2D eigenvalue weighted by Gasteiger charge is -2.04. The molecule has 0 rings (SSSR count). The number of unbranched alkanes of at least 4 members (excludes halogenated alkanes) is 11. The maximum Gasteiger partial charge on any atom is 0.333 e. The first-order valence-corrected chi connectivity index (χ1v) is 8.48. The molecule has 20 heavy (non-hydrogen) atoms. The zero-order valence-corrected chi connectivity index (χ0v) is 13.7. The molecule has 0 aromatic rings. The third-order valence-electron chi connectivity index (χ3n) is 3.81. The molecule has 0 aromatic carbocycles. The summed E-state index contributed by atoms with van der Waals surface area (Å²) in [7, 11) is 1.41. The molecule has 0 bridgehead atoms. The van der Waals surface area contributed by atoms with Gasteiger partial charge in [-0.05, 0) is 12.8 Å². The van der Waals surface area contributed by atoms with Crippen molar-refractivity contribution in [1.82, 2.24) is 0 Å². The van der Waals surface area contributed by atoms with Crippen LogP contribution in [0.25, 0.3) is 0 Å². The van der Waals surface area contributed by atoms with Crippen LogP contribution in [-0.4, -0.2) is 13.1 Å². The first-order valence-electron chi connectivity index (χ1n) is 8.48. The fourth-order valence-electron chi connectivity index (χ4n) is 2.43. The summed E-state index contributed by atoms with van der Waals surface area (Å²) in [5.74, 6) is -0.256. The van der Waals surface area contributed by atoms with Gasteiger partial charge in [-0.25, -0.2) is 4.79 Å². The van der Waals surface area contributed by atoms with Gasteiger partial charge in [0.2, 0.25) is 0 Å². The molecule has 0 heterocycles. The van der Waals surface area contributed by atoms with Gasteiger partial charge in [-0.15, -0.1) is 0 Å². The van der Waals surface area contributed by atoms with Gasteiger partial charge >= 0.3 is 5.97 Å². The van der Waals surface area contributed by atoms with Crippen molar-refractivity contribution in [2.45, 2.75) is 90.4 Å². The highest BCUT2D eigenvalue weighted by Gasteiger charge is 2.05. The molecule has 0 saturated heterocycles. The maximum absolute atomic E-state index is 11.1. The van der Waals surface area contributed by atoms with Crippen LogP contribution in [-0.2, 0) is 9.53 Å². The lowest BCUT2D eigenvalue weighted by molar-refractivity contribution is -0.136. The van der Waals surface area contributed by atoms with Gasteiger partial charge in [0.15, 0.2) is 0 Å². The predicted octanol–water partition coefficient (Wildman–Crippen LogP) is 5.81. The van der Waals surface area contributed by atoms with Crippen molar-refractivity contribution in [3.63, 3.8) is 0 Å². The molecule has 0 aromatic heterocycles. The minimum absolute atomic E-state index is 0.256. The molecular weight excluding hydrogens is 248 g/mol. The van der Waals surface area contributed by atoms with Gasteiger partial charge in [-0.1, -0.05) is 84.1 Å². The predicted molar refractivity (Wildman–Crippen MR) is 86.9 cm³/mol. The summed E-state index contributed by atoms with van der Waals surface area (Å²) in [5, 5.41) is 0. The summed E-state index contributed by atoms with van der Waals surface area (Å²) < 4.78 is 4.63. The zero-order valence-electron chi connectivity index (χ0n) is 13.7. The second-order valence-electron chi connectivity index (χ2n) is 5.73. The number of rotatable bonds is 14. The molecule has 0 aliphatic rings. The van der Waals surface area contributed by atoms with E-state index in [0.29, 0.717) is 5.57 Å². The largest absolute Gasteiger partial charge is 0.466 e. The van der Waals surface area contributed by atoms with Crippen molar-refractivity contribution >= 4 is 5.97 Å². The number of esters is 1. The summed E-state index contributed by atoms with van der Waals surface area (Å²) in [6.45, 7) is 6.00. The van der Waals surface area contributed by atoms with E-state index in [-0.39, 0.29) is 5.97 Å². The van der Waals surface area contributed by atoms with Gasteiger partial charge in [0, 0.05) is 5.57 Å². The summed E-state index contributed by atoms with van der Waals surface area (Å²) in [4.78, 5) is 11.1. The van der Waals surface area contributed by atoms with Crippen LogP contribution < -0.4 is 0 Å². The van der Waals surface area contributed by atoms with Crippen LogP contribution >= 0.6 is 0 Å². The van der Waals surface area contributed by atoms with Crippen LogP contribution in [0.5, 0.6) is 0 Å². The standard InChI is InChI=1S/C18H34O2/c1-4-5-6-7-8-9-10-11-12-13-14-15-16-17(2)18(19)20-3/h2,4-16H2,1,3H3. The van der Waals surface area contributed by atoms with Crippen LogP contribution in [0.15, 0.2) is 12.2 Å². The van der Waals surface area contributed by atoms with E-state index in [1.54, 1.807) is 0 Å². The van der Waals surface area contributed by atoms with Gasteiger partial charge < -0.3 is 4.74 Å². The van der Waals surface area contributed by atoms with E-state index in [1.165, 1.54) is 77.7 Å². The van der Waals surface area contributed by atoms with Crippen molar-refractivity contribution in [3.05, 3.63) is 12.2 Å². The number of ether oxygens (including phenoxy) is 1. The second kappa shape index (κ2) is 14.6. The van der Waals surface area contributed by atoms with Crippen molar-refractivity contribution in [2.24, 2.45) is 0 Å². The Kier molecular flexibility index (Phi) is 14.0. The Bertz CT molecular complexity index is 246. The number of hydrogen-bond acceptors (Lipinski definition) is 2. The van der Waals surface area contributed by atoms with Crippen molar-refractivity contribution < 1.29 is 9.53 Å². The van der Waals surface area contributed by atoms with Crippen LogP contribution in [0.2, 0.25) is 0 Å². The van der Waals surface area contributed by atoms with Gasteiger partial charge in [0.25, 0.3) is 0 Å². The SMILES string of the molecule is C=C(CCCCCCCCCCCCCC)C(=O)OC. The first-order chi connectivity index (χ1) is 9.72. The lowest BCUT2D eigenvalue weighted by atomic mass is 10.0. The quantitative estimate of drug-likeness (QED) is 0.228. The van der Waals surface area contributed by atoms with Crippen LogP contribution in [0.3, 0.4) is 0 Å². The molecule has 2 nitrogen and oxygen atoms in total. The Morgan fingerprint density at radius 1 is 0.800 bits per heavy atom. The van der Waals surface area contributed by atoms with Gasteiger partial charge in [-0.2, -0.15) is 0 Å². The highest BCUT2D eigenvalue weighted by Crippen LogP contribution is 2.14. The number of methoxy groups -OCH3 is 1. The molecular formula is C18H34O2. The molecule has 0 aliphatic heterocycles. The highest BCUT2D eigenvalue weighted by atomic mass is 16.5. The molecule has 0 aliphatic carbocycles. The Morgan fingerprint density at radius 2 is 1.20 bits per heavy atom. The minimum Gasteiger partial charge on any atom is -0.466 e. The molecule has 118 valence electrons. The van der Waals surface area contributed by atoms with E-state index in [0.717, 1.165) is 12.8 Å². The van der Waals surface area contributed by atoms with Gasteiger partial charge in [-0.3, -0.25) is 0 Å². The van der Waals surface area contributed by atoms with Crippen molar-refractivity contribution in [2.75, 3.05) is 7.11 Å². The first kappa shape index (κ1) is 19.2. The summed E-state index contributed by atoms with van der Waals surface area (Å²) in [6, 6.07) is 0. The van der Waals surface area contributed by atoms with E-state index in [2.05, 4.69) is 18.2 Å². The van der Waals surface area contributed by atoms with Crippen LogP contribution in [0.4, 0.5) is 0 Å². The van der Waals surface area contributed by atoms with E-state index < -0.39 is 0 Å². The minimum atomic E-state index is -0.256. The molecule has 0 N–H and O–H groups in total. The number of carbonyl (C=O) groups excluding carboxylic acids is 1. The van der Waals surface area contributed by atoms with Crippen molar-refractivity contribution in [1.29, 1.82) is 0 Å². The average molecular weight is 282 g/mol. The van der Waals surface area contributed by atoms with E-state index >= 15 is 0 Å². The highest BCUT2D eigenvalue weighted by molar-refractivity contribution is 5.87. The lowest BCUT2D eigenvalue weighted by Crippen LogP contribution is -2.03. The molecule has 0 saturated carbocycles. The smallest absolute Gasteiger partial charge is 0.333 e. The molecule has 0 atom stereocenters. The van der Waals surface area contributed by atoms with E-state index in [4.69, 9.17) is 0 Å². The average Bonchev–Trinajstić information content (AvgIpc) is 2.47. The summed E-state index contributed by atoms with van der Waals surface area (Å²) in [5.41, 5.74) is 0.611. The second-order valence-corrected chi connectivity index (χ2v) is 5.73. The van der Waals surface area contributed by atoms with Gasteiger partial charge in [0.1, 0.15) is 0 Å². The van der Waals surface area contributed by atoms with E-state index in [1.807, 2.05) is 0 Å². The fraction of sp³-hybridized carbons (Fsp3) is 0.833. The molecule has 0 spiro atoms. The molecule has 2 heteroatoms. The normalized spacial score (nSPS) is 10.5. The molecule has 0 unspecified atom stereocenters. The fourth-order valence-corrected chi connectivity index (χ4v) is 2.43. The van der Waals surface area contributed by atoms with Crippen LogP contribution in [0.1, 0.15) is 90.4 Å². The molecule has 0 amide bonds. The van der Waals surface area contributed by atoms with Crippen molar-refractivity contribution in [3.8, 4) is 0 Å². The third-order valence-corrected chi connectivity index (χ3v) is 3.81. The van der Waals surface area contributed by atoms with Gasteiger partial charge in [0.05, 0.1) is 7.11 Å². The Balaban J connectivity index is 3.13. The number of carbonyl (C=O) groups is 1. The number of hydrogen-bond donors (Lipinski definition) is 0. The van der Waals surface area contributed by atoms with E-state index in [9.17, 15) is 4.79 Å². The van der Waals surface area contributed by atoms with Crippen LogP contribution in [0, 0.1) is 0 Å². The third kappa shape index (κ3) is 12.3. The topological polar surface area (TPSA) is 26.3 Å². The Hall–Kier alpha value is -0.790. The Labute approximate surface area is 126 Å².